The number of hydroxylamine groups is 1. The number of thiazole rings is 1. The van der Waals surface area contributed by atoms with E-state index in [2.05, 4.69) is 10.5 Å². The van der Waals surface area contributed by atoms with Crippen LogP contribution in [-0.2, 0) is 4.84 Å². The fourth-order valence-electron chi connectivity index (χ4n) is 1.22. The smallest absolute Gasteiger partial charge is 0.273 e. The van der Waals surface area contributed by atoms with Crippen molar-refractivity contribution in [3.63, 3.8) is 0 Å². The lowest BCUT2D eigenvalue weighted by Crippen LogP contribution is -2.25. The van der Waals surface area contributed by atoms with Crippen molar-refractivity contribution in [2.24, 2.45) is 5.92 Å². The summed E-state index contributed by atoms with van der Waals surface area (Å²) >= 11 is 3.07. The average molecular weight is 282 g/mol. The molecule has 4 nitrogen and oxygen atoms in total. The van der Waals surface area contributed by atoms with Crippen LogP contribution in [0.2, 0.25) is 0 Å². The molecule has 0 radical (unpaired) electrons. The number of nitrogens with zero attached hydrogens (tertiary/aromatic N) is 1. The molecule has 0 unspecified atom stereocenters. The molecule has 2 aromatic rings. The van der Waals surface area contributed by atoms with Gasteiger partial charge in [0.25, 0.3) is 5.91 Å². The van der Waals surface area contributed by atoms with Crippen LogP contribution in [0.1, 0.15) is 24.3 Å². The lowest BCUT2D eigenvalue weighted by Gasteiger charge is -2.05. The molecule has 18 heavy (non-hydrogen) atoms. The zero-order valence-electron chi connectivity index (χ0n) is 10.2. The number of hydrogen-bond acceptors (Lipinski definition) is 5. The van der Waals surface area contributed by atoms with Crippen molar-refractivity contribution < 1.29 is 9.63 Å². The second-order valence-electron chi connectivity index (χ2n) is 4.15. The molecule has 0 aliphatic rings. The van der Waals surface area contributed by atoms with Gasteiger partial charge in [0, 0.05) is 5.38 Å². The first-order valence-electron chi connectivity index (χ1n) is 5.58. The number of nitrogens with one attached hydrogen (secondary N) is 1. The van der Waals surface area contributed by atoms with Gasteiger partial charge in [0.15, 0.2) is 0 Å². The van der Waals surface area contributed by atoms with E-state index in [1.54, 1.807) is 16.7 Å². The van der Waals surface area contributed by atoms with Gasteiger partial charge in [-0.3, -0.25) is 9.63 Å². The Kier molecular flexibility index (Phi) is 4.46. The van der Waals surface area contributed by atoms with E-state index in [1.807, 2.05) is 31.4 Å². The summed E-state index contributed by atoms with van der Waals surface area (Å²) in [7, 11) is 0. The highest BCUT2D eigenvalue weighted by Gasteiger charge is 2.12. The zero-order valence-corrected chi connectivity index (χ0v) is 11.8. The van der Waals surface area contributed by atoms with E-state index in [1.165, 1.54) is 11.3 Å². The number of amides is 1. The Morgan fingerprint density at radius 3 is 3.00 bits per heavy atom. The maximum Gasteiger partial charge on any atom is 0.294 e. The van der Waals surface area contributed by atoms with Crippen LogP contribution in [0.3, 0.4) is 0 Å². The Morgan fingerprint density at radius 1 is 1.50 bits per heavy atom. The Bertz CT molecular complexity index is 506. The van der Waals surface area contributed by atoms with Crippen LogP contribution < -0.4 is 5.48 Å². The molecule has 96 valence electrons. The standard InChI is InChI=1S/C12H14N2O2S2/c1-8(2)6-16-14-11(15)9-7-18-12(13-9)10-4-3-5-17-10/h3-5,7-8H,6H2,1-2H3,(H,14,15). The van der Waals surface area contributed by atoms with Crippen molar-refractivity contribution in [3.05, 3.63) is 28.6 Å². The highest BCUT2D eigenvalue weighted by molar-refractivity contribution is 7.20. The molecule has 0 bridgehead atoms. The molecule has 0 fully saturated rings. The number of aromatic nitrogens is 1. The third-order valence-corrected chi connectivity index (χ3v) is 3.93. The van der Waals surface area contributed by atoms with Crippen LogP contribution in [0.5, 0.6) is 0 Å². The van der Waals surface area contributed by atoms with E-state index in [-0.39, 0.29) is 5.91 Å². The van der Waals surface area contributed by atoms with Crippen molar-refractivity contribution in [2.45, 2.75) is 13.8 Å². The highest BCUT2D eigenvalue weighted by atomic mass is 32.1. The number of carbonyl (C=O) groups excluding carboxylic acids is 1. The normalized spacial score (nSPS) is 10.8. The van der Waals surface area contributed by atoms with E-state index in [9.17, 15) is 4.79 Å². The van der Waals surface area contributed by atoms with Crippen molar-refractivity contribution in [1.82, 2.24) is 10.5 Å². The molecule has 0 aliphatic carbocycles. The summed E-state index contributed by atoms with van der Waals surface area (Å²) in [6.07, 6.45) is 0. The van der Waals surface area contributed by atoms with Gasteiger partial charge in [-0.25, -0.2) is 10.5 Å². The van der Waals surface area contributed by atoms with Crippen LogP contribution in [0, 0.1) is 5.92 Å². The molecule has 6 heteroatoms. The van der Waals surface area contributed by atoms with E-state index in [4.69, 9.17) is 4.84 Å². The maximum atomic E-state index is 11.7. The Hall–Kier alpha value is -1.24. The number of carbonyl (C=O) groups is 1. The van der Waals surface area contributed by atoms with E-state index in [0.29, 0.717) is 18.2 Å². The summed E-state index contributed by atoms with van der Waals surface area (Å²) in [5.41, 5.74) is 2.79. The fourth-order valence-corrected chi connectivity index (χ4v) is 2.83. The van der Waals surface area contributed by atoms with Gasteiger partial charge in [0.05, 0.1) is 11.5 Å². The maximum absolute atomic E-state index is 11.7. The van der Waals surface area contributed by atoms with Crippen molar-refractivity contribution in [1.29, 1.82) is 0 Å². The molecule has 2 aromatic heterocycles. The molecule has 0 atom stereocenters. The summed E-state index contributed by atoms with van der Waals surface area (Å²) in [6.45, 7) is 4.53. The molecule has 0 aromatic carbocycles. The summed E-state index contributed by atoms with van der Waals surface area (Å²) in [5, 5.41) is 4.59. The molecule has 1 N–H and O–H groups in total. The van der Waals surface area contributed by atoms with Crippen LogP contribution >= 0.6 is 22.7 Å². The number of rotatable bonds is 5. The van der Waals surface area contributed by atoms with Gasteiger partial charge in [-0.15, -0.1) is 22.7 Å². The molecule has 0 saturated heterocycles. The molecule has 0 aliphatic heterocycles. The molecule has 2 rings (SSSR count). The largest absolute Gasteiger partial charge is 0.294 e. The minimum absolute atomic E-state index is 0.297. The van der Waals surface area contributed by atoms with Crippen LogP contribution in [0.25, 0.3) is 9.88 Å². The van der Waals surface area contributed by atoms with Crippen LogP contribution in [0.15, 0.2) is 22.9 Å². The Morgan fingerprint density at radius 2 is 2.33 bits per heavy atom. The molecular weight excluding hydrogens is 268 g/mol. The van der Waals surface area contributed by atoms with Crippen LogP contribution in [-0.4, -0.2) is 17.5 Å². The monoisotopic (exact) mass is 282 g/mol. The molecule has 0 saturated carbocycles. The molecule has 1 amide bonds. The van der Waals surface area contributed by atoms with E-state index in [0.717, 1.165) is 9.88 Å². The molecule has 0 spiro atoms. The first-order chi connectivity index (χ1) is 8.66. The second kappa shape index (κ2) is 6.08. The van der Waals surface area contributed by atoms with E-state index < -0.39 is 0 Å². The summed E-state index contributed by atoms with van der Waals surface area (Å²) < 4.78 is 0. The second-order valence-corrected chi connectivity index (χ2v) is 5.96. The lowest BCUT2D eigenvalue weighted by molar-refractivity contribution is 0.0205. The molecular formula is C12H14N2O2S2. The third-order valence-electron chi connectivity index (χ3n) is 2.05. The minimum atomic E-state index is -0.297. The predicted octanol–water partition coefficient (Wildman–Crippen LogP) is 3.19. The van der Waals surface area contributed by atoms with Crippen LogP contribution in [0.4, 0.5) is 0 Å². The fraction of sp³-hybridized carbons (Fsp3) is 0.333. The van der Waals surface area contributed by atoms with Gasteiger partial charge >= 0.3 is 0 Å². The number of hydrogen-bond donors (Lipinski definition) is 1. The van der Waals surface area contributed by atoms with Gasteiger partial charge in [0.1, 0.15) is 10.7 Å². The first kappa shape index (κ1) is 13.2. The zero-order chi connectivity index (χ0) is 13.0. The highest BCUT2D eigenvalue weighted by Crippen LogP contribution is 2.27. The number of thiophene rings is 1. The van der Waals surface area contributed by atoms with Gasteiger partial charge in [-0.1, -0.05) is 19.9 Å². The van der Waals surface area contributed by atoms with E-state index >= 15 is 0 Å². The summed E-state index contributed by atoms with van der Waals surface area (Å²) in [6, 6.07) is 3.95. The van der Waals surface area contributed by atoms with Crippen molar-refractivity contribution in [2.75, 3.05) is 6.61 Å². The Labute approximate surface area is 114 Å². The van der Waals surface area contributed by atoms with Crippen molar-refractivity contribution >= 4 is 28.6 Å². The van der Waals surface area contributed by atoms with Gasteiger partial charge in [0.2, 0.25) is 0 Å². The summed E-state index contributed by atoms with van der Waals surface area (Å²) in [5.74, 6) is 0.0807. The third kappa shape index (κ3) is 3.38. The van der Waals surface area contributed by atoms with Gasteiger partial charge in [-0.2, -0.15) is 0 Å². The predicted molar refractivity (Wildman–Crippen MR) is 73.7 cm³/mol. The minimum Gasteiger partial charge on any atom is -0.273 e. The van der Waals surface area contributed by atoms with Crippen molar-refractivity contribution in [3.8, 4) is 9.88 Å². The Balaban J connectivity index is 1.95. The first-order valence-corrected chi connectivity index (χ1v) is 7.34. The molecule has 2 heterocycles. The average Bonchev–Trinajstić information content (AvgIpc) is 2.99. The SMILES string of the molecule is CC(C)CONC(=O)c1csc(-c2cccs2)n1. The topological polar surface area (TPSA) is 51.2 Å². The van der Waals surface area contributed by atoms with Gasteiger partial charge in [-0.05, 0) is 17.4 Å². The quantitative estimate of drug-likeness (QED) is 0.857. The van der Waals surface area contributed by atoms with Gasteiger partial charge < -0.3 is 0 Å². The lowest BCUT2D eigenvalue weighted by atomic mass is 10.2. The summed E-state index contributed by atoms with van der Waals surface area (Å²) in [4.78, 5) is 22.2.